The summed E-state index contributed by atoms with van der Waals surface area (Å²) in [4.78, 5) is 32.0. The molecular formula is C25H16BrFN2O4. The Morgan fingerprint density at radius 1 is 1.12 bits per heavy atom. The molecule has 3 heterocycles. The van der Waals surface area contributed by atoms with Gasteiger partial charge in [0.1, 0.15) is 11.4 Å². The van der Waals surface area contributed by atoms with Crippen molar-refractivity contribution in [3.05, 3.63) is 112 Å². The van der Waals surface area contributed by atoms with Crippen LogP contribution in [-0.2, 0) is 11.3 Å². The van der Waals surface area contributed by atoms with Gasteiger partial charge < -0.3 is 14.4 Å². The summed E-state index contributed by atoms with van der Waals surface area (Å²) in [6, 6.07) is 16.7. The Labute approximate surface area is 196 Å². The molecule has 2 aromatic carbocycles. The van der Waals surface area contributed by atoms with Gasteiger partial charge in [-0.15, -0.1) is 0 Å². The molecule has 1 unspecified atom stereocenters. The number of rotatable bonds is 5. The van der Waals surface area contributed by atoms with Crippen molar-refractivity contribution in [1.82, 2.24) is 9.88 Å². The number of aliphatic hydroxyl groups excluding tert-OH is 1. The lowest BCUT2D eigenvalue weighted by Gasteiger charge is -2.26. The number of aromatic nitrogens is 1. The topological polar surface area (TPSA) is 83.6 Å². The van der Waals surface area contributed by atoms with E-state index in [4.69, 9.17) is 4.42 Å². The molecular weight excluding hydrogens is 491 g/mol. The fourth-order valence-electron chi connectivity index (χ4n) is 3.99. The van der Waals surface area contributed by atoms with Gasteiger partial charge in [-0.1, -0.05) is 40.2 Å². The lowest BCUT2D eigenvalue weighted by atomic mass is 9.94. The minimum Gasteiger partial charge on any atom is -0.503 e. The van der Waals surface area contributed by atoms with Gasteiger partial charge in [-0.3, -0.25) is 14.6 Å². The van der Waals surface area contributed by atoms with Crippen LogP contribution in [0.3, 0.4) is 0 Å². The van der Waals surface area contributed by atoms with Crippen LogP contribution in [0.1, 0.15) is 27.9 Å². The lowest BCUT2D eigenvalue weighted by molar-refractivity contribution is -0.130. The fourth-order valence-corrected chi connectivity index (χ4v) is 4.37. The summed E-state index contributed by atoms with van der Waals surface area (Å²) in [5.41, 5.74) is 0.855. The number of nitrogens with zero attached hydrogens (tertiary/aromatic N) is 2. The SMILES string of the molecule is O=C(C1=C(O)C(=O)N(Cc2ccccn2)C1c1ccccc1F)c1cc2cc(Br)ccc2o1. The predicted octanol–water partition coefficient (Wildman–Crippen LogP) is 5.51. The van der Waals surface area contributed by atoms with Gasteiger partial charge in [0.05, 0.1) is 23.9 Å². The highest BCUT2D eigenvalue weighted by atomic mass is 79.9. The summed E-state index contributed by atoms with van der Waals surface area (Å²) in [7, 11) is 0. The van der Waals surface area contributed by atoms with E-state index in [-0.39, 0.29) is 23.4 Å². The van der Waals surface area contributed by atoms with Crippen LogP contribution < -0.4 is 0 Å². The fraction of sp³-hybridized carbons (Fsp3) is 0.0800. The number of amides is 1. The standard InChI is InChI=1S/C25H16BrFN2O4/c26-15-8-9-19-14(11-15)12-20(33-19)23(30)21-22(17-6-1-2-7-18(17)27)29(25(32)24(21)31)13-16-5-3-4-10-28-16/h1-12,22,31H,13H2. The van der Waals surface area contributed by atoms with Crippen molar-refractivity contribution >= 4 is 38.6 Å². The van der Waals surface area contributed by atoms with E-state index in [0.29, 0.717) is 16.7 Å². The molecule has 0 spiro atoms. The summed E-state index contributed by atoms with van der Waals surface area (Å²) in [5.74, 6) is -2.86. The number of fused-ring (bicyclic) bond motifs is 1. The van der Waals surface area contributed by atoms with Crippen LogP contribution in [-0.4, -0.2) is 26.7 Å². The number of pyridine rings is 1. The quantitative estimate of drug-likeness (QED) is 0.361. The van der Waals surface area contributed by atoms with E-state index in [1.165, 1.54) is 29.2 Å². The maximum Gasteiger partial charge on any atom is 0.290 e. The first-order valence-corrected chi connectivity index (χ1v) is 10.9. The molecule has 0 saturated carbocycles. The summed E-state index contributed by atoms with van der Waals surface area (Å²) < 4.78 is 21.4. The third-order valence-corrected chi connectivity index (χ3v) is 6.00. The van der Waals surface area contributed by atoms with Crippen LogP contribution in [0.25, 0.3) is 11.0 Å². The number of carbonyl (C=O) groups is 2. The van der Waals surface area contributed by atoms with E-state index in [2.05, 4.69) is 20.9 Å². The highest BCUT2D eigenvalue weighted by Crippen LogP contribution is 2.41. The Morgan fingerprint density at radius 3 is 2.67 bits per heavy atom. The van der Waals surface area contributed by atoms with Crippen LogP contribution in [0.15, 0.2) is 93.1 Å². The molecule has 1 atom stereocenters. The van der Waals surface area contributed by atoms with Gasteiger partial charge in [-0.2, -0.15) is 0 Å². The number of benzene rings is 2. The minimum atomic E-state index is -1.15. The lowest BCUT2D eigenvalue weighted by Crippen LogP contribution is -2.31. The molecule has 1 N–H and O–H groups in total. The largest absolute Gasteiger partial charge is 0.503 e. The molecule has 5 rings (SSSR count). The normalized spacial score (nSPS) is 16.1. The second-order valence-corrected chi connectivity index (χ2v) is 8.48. The third kappa shape index (κ3) is 3.72. The number of aliphatic hydroxyl groups is 1. The highest BCUT2D eigenvalue weighted by molar-refractivity contribution is 9.10. The smallest absolute Gasteiger partial charge is 0.290 e. The van der Waals surface area contributed by atoms with Gasteiger partial charge >= 0.3 is 0 Å². The Morgan fingerprint density at radius 2 is 1.91 bits per heavy atom. The average molecular weight is 507 g/mol. The van der Waals surface area contributed by atoms with Gasteiger partial charge in [-0.05, 0) is 42.5 Å². The van der Waals surface area contributed by atoms with E-state index >= 15 is 0 Å². The van der Waals surface area contributed by atoms with Gasteiger partial charge in [0.25, 0.3) is 5.91 Å². The first-order valence-electron chi connectivity index (χ1n) is 10.1. The predicted molar refractivity (Wildman–Crippen MR) is 122 cm³/mol. The van der Waals surface area contributed by atoms with Crippen LogP contribution >= 0.6 is 15.9 Å². The van der Waals surface area contributed by atoms with Gasteiger partial charge in [-0.25, -0.2) is 4.39 Å². The minimum absolute atomic E-state index is 0.0212. The summed E-state index contributed by atoms with van der Waals surface area (Å²) >= 11 is 3.38. The van der Waals surface area contributed by atoms with Gasteiger partial charge in [0, 0.05) is 21.6 Å². The van der Waals surface area contributed by atoms with Crippen LogP contribution in [0.2, 0.25) is 0 Å². The zero-order valence-electron chi connectivity index (χ0n) is 17.0. The molecule has 164 valence electrons. The van der Waals surface area contributed by atoms with E-state index in [0.717, 1.165) is 4.47 Å². The van der Waals surface area contributed by atoms with E-state index < -0.39 is 29.3 Å². The number of ketones is 1. The van der Waals surface area contributed by atoms with Crippen LogP contribution in [0.4, 0.5) is 4.39 Å². The maximum absolute atomic E-state index is 14.9. The molecule has 1 aliphatic rings. The average Bonchev–Trinajstić information content (AvgIpc) is 3.34. The Kier molecular flexibility index (Phi) is 5.30. The van der Waals surface area contributed by atoms with E-state index in [9.17, 15) is 19.1 Å². The molecule has 0 bridgehead atoms. The van der Waals surface area contributed by atoms with Gasteiger partial charge in [0.15, 0.2) is 11.5 Å². The second kappa shape index (κ2) is 8.29. The highest BCUT2D eigenvalue weighted by Gasteiger charge is 2.45. The van der Waals surface area contributed by atoms with Crippen molar-refractivity contribution in [3.8, 4) is 0 Å². The molecule has 0 saturated heterocycles. The van der Waals surface area contributed by atoms with Gasteiger partial charge in [0.2, 0.25) is 5.78 Å². The number of hydrogen-bond acceptors (Lipinski definition) is 5. The molecule has 0 radical (unpaired) electrons. The molecule has 4 aromatic rings. The molecule has 0 aliphatic carbocycles. The monoisotopic (exact) mass is 506 g/mol. The third-order valence-electron chi connectivity index (χ3n) is 5.51. The number of carbonyl (C=O) groups excluding carboxylic acids is 2. The van der Waals surface area contributed by atoms with E-state index in [1.54, 1.807) is 48.7 Å². The summed E-state index contributed by atoms with van der Waals surface area (Å²) in [5, 5.41) is 11.4. The van der Waals surface area contributed by atoms with Crippen molar-refractivity contribution in [2.45, 2.75) is 12.6 Å². The maximum atomic E-state index is 14.9. The molecule has 8 heteroatoms. The Balaban J connectivity index is 1.62. The molecule has 1 aliphatic heterocycles. The summed E-state index contributed by atoms with van der Waals surface area (Å²) in [6.45, 7) is -0.0212. The molecule has 2 aromatic heterocycles. The van der Waals surface area contributed by atoms with Crippen molar-refractivity contribution in [3.63, 3.8) is 0 Å². The van der Waals surface area contributed by atoms with Crippen molar-refractivity contribution in [2.75, 3.05) is 0 Å². The Bertz CT molecular complexity index is 1430. The first-order chi connectivity index (χ1) is 15.9. The second-order valence-electron chi connectivity index (χ2n) is 7.56. The Hall–Kier alpha value is -3.78. The van der Waals surface area contributed by atoms with Crippen LogP contribution in [0.5, 0.6) is 0 Å². The van der Waals surface area contributed by atoms with Crippen molar-refractivity contribution in [1.29, 1.82) is 0 Å². The number of Topliss-reactive ketones (excluding diaryl/α,β-unsaturated/α-hetero) is 1. The van der Waals surface area contributed by atoms with Crippen LogP contribution in [0, 0.1) is 5.82 Å². The number of furan rings is 1. The van der Waals surface area contributed by atoms with Crippen molar-refractivity contribution < 1.29 is 23.5 Å². The molecule has 33 heavy (non-hydrogen) atoms. The number of hydrogen-bond donors (Lipinski definition) is 1. The zero-order valence-corrected chi connectivity index (χ0v) is 18.6. The van der Waals surface area contributed by atoms with Crippen molar-refractivity contribution in [2.24, 2.45) is 0 Å². The molecule has 6 nitrogen and oxygen atoms in total. The van der Waals surface area contributed by atoms with E-state index in [1.807, 2.05) is 0 Å². The number of halogens is 2. The zero-order chi connectivity index (χ0) is 23.1. The summed E-state index contributed by atoms with van der Waals surface area (Å²) in [6.07, 6.45) is 1.57. The first kappa shape index (κ1) is 21.1. The molecule has 1 amide bonds. The molecule has 0 fully saturated rings.